The molecular formula is C18H25NO4. The zero-order valence-electron chi connectivity index (χ0n) is 14.0. The third kappa shape index (κ3) is 3.33. The van der Waals surface area contributed by atoms with E-state index in [1.807, 2.05) is 32.0 Å². The van der Waals surface area contributed by atoms with Gasteiger partial charge in [-0.1, -0.05) is 30.3 Å². The number of carbonyl (C=O) groups is 1. The Labute approximate surface area is 137 Å². The van der Waals surface area contributed by atoms with E-state index in [4.69, 9.17) is 14.2 Å². The molecule has 5 heteroatoms. The zero-order chi connectivity index (χ0) is 16.4. The molecule has 2 saturated heterocycles. The first-order valence-corrected chi connectivity index (χ1v) is 8.15. The summed E-state index contributed by atoms with van der Waals surface area (Å²) in [4.78, 5) is 13.9. The van der Waals surface area contributed by atoms with Crippen molar-refractivity contribution in [1.29, 1.82) is 0 Å². The molecule has 126 valence electrons. The summed E-state index contributed by atoms with van der Waals surface area (Å²) < 4.78 is 17.8. The molecule has 0 saturated carbocycles. The van der Waals surface area contributed by atoms with Gasteiger partial charge in [0.2, 0.25) is 0 Å². The molecule has 2 fully saturated rings. The normalized spacial score (nSPS) is 38.0. The molecule has 0 spiro atoms. The first-order chi connectivity index (χ1) is 11.1. The predicted molar refractivity (Wildman–Crippen MR) is 85.9 cm³/mol. The summed E-state index contributed by atoms with van der Waals surface area (Å²) in [6.45, 7) is 6.07. The summed E-state index contributed by atoms with van der Waals surface area (Å²) in [6.07, 6.45) is 0.448. The van der Waals surface area contributed by atoms with Crippen molar-refractivity contribution in [2.75, 3.05) is 20.2 Å². The Balaban J connectivity index is 1.73. The minimum absolute atomic E-state index is 0.110. The van der Waals surface area contributed by atoms with E-state index in [0.29, 0.717) is 6.54 Å². The van der Waals surface area contributed by atoms with E-state index >= 15 is 0 Å². The van der Waals surface area contributed by atoms with E-state index < -0.39 is 5.79 Å². The zero-order valence-corrected chi connectivity index (χ0v) is 14.0. The van der Waals surface area contributed by atoms with Crippen molar-refractivity contribution in [2.45, 2.75) is 44.5 Å². The van der Waals surface area contributed by atoms with Crippen molar-refractivity contribution >= 4 is 6.29 Å². The van der Waals surface area contributed by atoms with E-state index in [1.165, 1.54) is 5.56 Å². The molecule has 5 atom stereocenters. The third-order valence-electron chi connectivity index (χ3n) is 5.01. The van der Waals surface area contributed by atoms with Gasteiger partial charge in [0.15, 0.2) is 5.79 Å². The fourth-order valence-corrected chi connectivity index (χ4v) is 3.45. The van der Waals surface area contributed by atoms with Crippen LogP contribution in [0.5, 0.6) is 0 Å². The van der Waals surface area contributed by atoms with Gasteiger partial charge in [-0.3, -0.25) is 4.90 Å². The first-order valence-electron chi connectivity index (χ1n) is 8.15. The predicted octanol–water partition coefficient (Wildman–Crippen LogP) is 1.85. The number of methoxy groups -OCH3 is 1. The molecule has 3 rings (SSSR count). The fourth-order valence-electron chi connectivity index (χ4n) is 3.45. The maximum absolute atomic E-state index is 11.6. The molecule has 0 N–H and O–H groups in total. The molecule has 0 amide bonds. The van der Waals surface area contributed by atoms with Crippen LogP contribution in [0.2, 0.25) is 0 Å². The average molecular weight is 319 g/mol. The van der Waals surface area contributed by atoms with Crippen molar-refractivity contribution in [3.05, 3.63) is 35.9 Å². The summed E-state index contributed by atoms with van der Waals surface area (Å²) in [6, 6.07) is 10.3. The Kier molecular flexibility index (Phi) is 4.82. The Morgan fingerprint density at radius 3 is 2.74 bits per heavy atom. The second-order valence-electron chi connectivity index (χ2n) is 6.60. The lowest BCUT2D eigenvalue weighted by Gasteiger charge is -2.51. The van der Waals surface area contributed by atoms with Gasteiger partial charge in [0.05, 0.1) is 18.1 Å². The van der Waals surface area contributed by atoms with Crippen LogP contribution in [-0.2, 0) is 25.5 Å². The molecular weight excluding hydrogens is 294 g/mol. The molecule has 23 heavy (non-hydrogen) atoms. The number of fused-ring (bicyclic) bond motifs is 1. The van der Waals surface area contributed by atoms with Crippen molar-refractivity contribution < 1.29 is 19.0 Å². The van der Waals surface area contributed by atoms with Crippen LogP contribution in [0.15, 0.2) is 30.3 Å². The SMILES string of the molecule is CO[C@@]1(C)O[C@@H]2[C@@H](C=O)CN(Cc3ccccc3)C[C@H]2O[C@H]1C. The molecule has 0 radical (unpaired) electrons. The van der Waals surface area contributed by atoms with Gasteiger partial charge < -0.3 is 19.0 Å². The van der Waals surface area contributed by atoms with Crippen LogP contribution in [0.3, 0.4) is 0 Å². The van der Waals surface area contributed by atoms with Crippen LogP contribution >= 0.6 is 0 Å². The monoisotopic (exact) mass is 319 g/mol. The smallest absolute Gasteiger partial charge is 0.191 e. The summed E-state index contributed by atoms with van der Waals surface area (Å²) in [5, 5.41) is 0. The molecule has 0 aromatic heterocycles. The van der Waals surface area contributed by atoms with E-state index in [0.717, 1.165) is 19.4 Å². The highest BCUT2D eigenvalue weighted by Crippen LogP contribution is 2.35. The number of nitrogens with zero attached hydrogens (tertiary/aromatic N) is 1. The maximum atomic E-state index is 11.6. The Hall–Kier alpha value is -1.27. The largest absolute Gasteiger partial charge is 0.366 e. The second-order valence-corrected chi connectivity index (χ2v) is 6.60. The van der Waals surface area contributed by atoms with Crippen LogP contribution in [0, 0.1) is 5.92 Å². The quantitative estimate of drug-likeness (QED) is 0.793. The van der Waals surface area contributed by atoms with Gasteiger partial charge in [-0.25, -0.2) is 0 Å². The minimum atomic E-state index is -0.802. The third-order valence-corrected chi connectivity index (χ3v) is 5.01. The summed E-state index contributed by atoms with van der Waals surface area (Å²) >= 11 is 0. The number of benzene rings is 1. The van der Waals surface area contributed by atoms with E-state index in [9.17, 15) is 4.79 Å². The molecule has 0 unspecified atom stereocenters. The van der Waals surface area contributed by atoms with Gasteiger partial charge in [-0.05, 0) is 19.4 Å². The van der Waals surface area contributed by atoms with Crippen molar-refractivity contribution in [3.8, 4) is 0 Å². The molecule has 2 heterocycles. The van der Waals surface area contributed by atoms with E-state index in [2.05, 4.69) is 17.0 Å². The lowest BCUT2D eigenvalue weighted by Crippen LogP contribution is -2.64. The van der Waals surface area contributed by atoms with Crippen molar-refractivity contribution in [2.24, 2.45) is 5.92 Å². The van der Waals surface area contributed by atoms with Gasteiger partial charge in [-0.15, -0.1) is 0 Å². The fraction of sp³-hybridized carbons (Fsp3) is 0.611. The van der Waals surface area contributed by atoms with Gasteiger partial charge in [-0.2, -0.15) is 0 Å². The summed E-state index contributed by atoms with van der Waals surface area (Å²) in [5.41, 5.74) is 1.24. The number of aldehydes is 1. The Morgan fingerprint density at radius 2 is 2.09 bits per heavy atom. The number of rotatable bonds is 4. The molecule has 0 bridgehead atoms. The second kappa shape index (κ2) is 6.69. The Morgan fingerprint density at radius 1 is 1.35 bits per heavy atom. The number of hydrogen-bond acceptors (Lipinski definition) is 5. The van der Waals surface area contributed by atoms with Crippen molar-refractivity contribution in [3.63, 3.8) is 0 Å². The average Bonchev–Trinajstić information content (AvgIpc) is 2.56. The number of likely N-dealkylation sites (tertiary alicyclic amines) is 1. The van der Waals surface area contributed by atoms with E-state index in [-0.39, 0.29) is 24.2 Å². The lowest BCUT2D eigenvalue weighted by atomic mass is 9.90. The topological polar surface area (TPSA) is 48.0 Å². The van der Waals surface area contributed by atoms with E-state index in [1.54, 1.807) is 7.11 Å². The molecule has 1 aromatic carbocycles. The highest BCUT2D eigenvalue weighted by atomic mass is 16.7. The molecule has 2 aliphatic heterocycles. The number of carbonyl (C=O) groups excluding carboxylic acids is 1. The van der Waals surface area contributed by atoms with Crippen LogP contribution in [0.1, 0.15) is 19.4 Å². The number of ether oxygens (including phenoxy) is 3. The minimum Gasteiger partial charge on any atom is -0.366 e. The van der Waals surface area contributed by atoms with Crippen LogP contribution < -0.4 is 0 Å². The van der Waals surface area contributed by atoms with Gasteiger partial charge in [0, 0.05) is 26.7 Å². The highest BCUT2D eigenvalue weighted by Gasteiger charge is 2.50. The molecule has 5 nitrogen and oxygen atoms in total. The number of hydrogen-bond donors (Lipinski definition) is 0. The molecule has 0 aliphatic carbocycles. The van der Waals surface area contributed by atoms with Gasteiger partial charge in [0.1, 0.15) is 12.4 Å². The summed E-state index contributed by atoms with van der Waals surface area (Å²) in [7, 11) is 1.61. The maximum Gasteiger partial charge on any atom is 0.191 e. The summed E-state index contributed by atoms with van der Waals surface area (Å²) in [5.74, 6) is -1.01. The van der Waals surface area contributed by atoms with Crippen LogP contribution in [0.4, 0.5) is 0 Å². The number of piperidine rings is 1. The van der Waals surface area contributed by atoms with Gasteiger partial charge in [0.25, 0.3) is 0 Å². The standard InChI is InChI=1S/C18H25NO4/c1-13-18(2,21-3)23-17-15(12-20)10-19(11-16(17)22-13)9-14-7-5-4-6-8-14/h4-8,12-13,15-17H,9-11H2,1-3H3/t13-,15+,16+,17+,18-/m0/s1. The molecule has 2 aliphatic rings. The highest BCUT2D eigenvalue weighted by molar-refractivity contribution is 5.55. The first kappa shape index (κ1) is 16.6. The Bertz CT molecular complexity index is 537. The van der Waals surface area contributed by atoms with Crippen molar-refractivity contribution in [1.82, 2.24) is 4.90 Å². The van der Waals surface area contributed by atoms with Crippen LogP contribution in [-0.4, -0.2) is 55.5 Å². The van der Waals surface area contributed by atoms with Crippen LogP contribution in [0.25, 0.3) is 0 Å². The molecule has 1 aromatic rings. The lowest BCUT2D eigenvalue weighted by molar-refractivity contribution is -0.359. The van der Waals surface area contributed by atoms with Gasteiger partial charge >= 0.3 is 0 Å².